The van der Waals surface area contributed by atoms with E-state index in [0.29, 0.717) is 17.9 Å². The van der Waals surface area contributed by atoms with E-state index >= 15 is 0 Å². The van der Waals surface area contributed by atoms with Gasteiger partial charge in [-0.2, -0.15) is 0 Å². The number of aryl methyl sites for hydroxylation is 1. The van der Waals surface area contributed by atoms with Crippen LogP contribution in [0.25, 0.3) is 0 Å². The summed E-state index contributed by atoms with van der Waals surface area (Å²) < 4.78 is 13.6. The minimum atomic E-state index is -0.397. The number of nitrogens with one attached hydrogen (secondary N) is 2. The number of benzene rings is 2. The normalized spacial score (nSPS) is 10.4. The second kappa shape index (κ2) is 8.20. The monoisotopic (exact) mass is 350 g/mol. The average molecular weight is 350 g/mol. The standard InChI is InChI=1S/C20H19FN4O/c1-14-6-2-3-7-15(14)12-22-19-11-10-18(24-25-19)20(26)23-13-16-8-4-5-9-17(16)21/h2-11H,12-13H2,1H3,(H,22,25)(H,23,26). The van der Waals surface area contributed by atoms with Crippen LogP contribution in [0.1, 0.15) is 27.2 Å². The number of halogens is 1. The van der Waals surface area contributed by atoms with E-state index in [9.17, 15) is 9.18 Å². The Morgan fingerprint density at radius 1 is 0.923 bits per heavy atom. The number of aromatic nitrogens is 2. The van der Waals surface area contributed by atoms with E-state index in [0.717, 1.165) is 0 Å². The lowest BCUT2D eigenvalue weighted by Crippen LogP contribution is -2.24. The van der Waals surface area contributed by atoms with Gasteiger partial charge in [-0.15, -0.1) is 10.2 Å². The van der Waals surface area contributed by atoms with Gasteiger partial charge in [0, 0.05) is 18.7 Å². The Balaban J connectivity index is 1.56. The first kappa shape index (κ1) is 17.5. The van der Waals surface area contributed by atoms with Crippen LogP contribution in [0, 0.1) is 12.7 Å². The fourth-order valence-corrected chi connectivity index (χ4v) is 2.45. The van der Waals surface area contributed by atoms with E-state index in [4.69, 9.17) is 0 Å². The van der Waals surface area contributed by atoms with Crippen molar-refractivity contribution in [2.45, 2.75) is 20.0 Å². The van der Waals surface area contributed by atoms with E-state index in [2.05, 4.69) is 20.8 Å². The third-order valence-corrected chi connectivity index (χ3v) is 4.02. The van der Waals surface area contributed by atoms with Gasteiger partial charge in [0.15, 0.2) is 5.69 Å². The molecule has 2 aromatic carbocycles. The molecule has 26 heavy (non-hydrogen) atoms. The zero-order valence-corrected chi connectivity index (χ0v) is 14.4. The van der Waals surface area contributed by atoms with Gasteiger partial charge in [0.2, 0.25) is 0 Å². The molecule has 0 spiro atoms. The third kappa shape index (κ3) is 4.42. The van der Waals surface area contributed by atoms with Gasteiger partial charge >= 0.3 is 0 Å². The van der Waals surface area contributed by atoms with Crippen molar-refractivity contribution < 1.29 is 9.18 Å². The molecule has 132 valence electrons. The van der Waals surface area contributed by atoms with Gasteiger partial charge in [0.25, 0.3) is 5.91 Å². The molecule has 0 saturated carbocycles. The quantitative estimate of drug-likeness (QED) is 0.714. The van der Waals surface area contributed by atoms with Gasteiger partial charge in [-0.1, -0.05) is 42.5 Å². The van der Waals surface area contributed by atoms with Crippen molar-refractivity contribution >= 4 is 11.7 Å². The fourth-order valence-electron chi connectivity index (χ4n) is 2.45. The Hall–Kier alpha value is -3.28. The lowest BCUT2D eigenvalue weighted by molar-refractivity contribution is 0.0944. The zero-order chi connectivity index (χ0) is 18.4. The molecule has 6 heteroatoms. The minimum Gasteiger partial charge on any atom is -0.364 e. The number of hydrogen-bond acceptors (Lipinski definition) is 4. The van der Waals surface area contributed by atoms with Crippen molar-refractivity contribution in [2.75, 3.05) is 5.32 Å². The van der Waals surface area contributed by atoms with Crippen molar-refractivity contribution in [1.82, 2.24) is 15.5 Å². The predicted molar refractivity (Wildman–Crippen MR) is 98.1 cm³/mol. The third-order valence-electron chi connectivity index (χ3n) is 4.02. The molecule has 5 nitrogen and oxygen atoms in total. The van der Waals surface area contributed by atoms with Crippen LogP contribution in [-0.4, -0.2) is 16.1 Å². The SMILES string of the molecule is Cc1ccccc1CNc1ccc(C(=O)NCc2ccccc2F)nn1. The van der Waals surface area contributed by atoms with Crippen LogP contribution in [0.5, 0.6) is 0 Å². The number of hydrogen-bond donors (Lipinski definition) is 2. The van der Waals surface area contributed by atoms with Gasteiger partial charge in [-0.3, -0.25) is 4.79 Å². The van der Waals surface area contributed by atoms with Crippen LogP contribution in [-0.2, 0) is 13.1 Å². The summed E-state index contributed by atoms with van der Waals surface area (Å²) >= 11 is 0. The van der Waals surface area contributed by atoms with E-state index in [1.165, 1.54) is 17.2 Å². The summed E-state index contributed by atoms with van der Waals surface area (Å²) in [6, 6.07) is 17.7. The topological polar surface area (TPSA) is 66.9 Å². The Bertz CT molecular complexity index is 896. The van der Waals surface area contributed by atoms with Crippen LogP contribution in [0.4, 0.5) is 10.2 Å². The number of nitrogens with zero attached hydrogens (tertiary/aromatic N) is 2. The van der Waals surface area contributed by atoms with Crippen LogP contribution in [0.15, 0.2) is 60.7 Å². The smallest absolute Gasteiger partial charge is 0.272 e. The summed E-state index contributed by atoms with van der Waals surface area (Å²) in [7, 11) is 0. The Morgan fingerprint density at radius 2 is 1.65 bits per heavy atom. The number of anilines is 1. The molecule has 1 heterocycles. The molecule has 0 radical (unpaired) electrons. The first-order valence-corrected chi connectivity index (χ1v) is 8.27. The number of rotatable bonds is 6. The van der Waals surface area contributed by atoms with E-state index in [1.54, 1.807) is 30.3 Å². The summed E-state index contributed by atoms with van der Waals surface area (Å²) in [5, 5.41) is 13.8. The number of amides is 1. The van der Waals surface area contributed by atoms with Gasteiger partial charge in [-0.25, -0.2) is 4.39 Å². The maximum absolute atomic E-state index is 13.6. The predicted octanol–water partition coefficient (Wildman–Crippen LogP) is 3.47. The first-order chi connectivity index (χ1) is 12.6. The molecule has 2 N–H and O–H groups in total. The molecule has 0 atom stereocenters. The molecule has 0 aliphatic heterocycles. The van der Waals surface area contributed by atoms with Crippen molar-refractivity contribution in [3.8, 4) is 0 Å². The lowest BCUT2D eigenvalue weighted by Gasteiger charge is -2.08. The van der Waals surface area contributed by atoms with Crippen molar-refractivity contribution in [3.05, 3.63) is 88.9 Å². The van der Waals surface area contributed by atoms with E-state index < -0.39 is 5.91 Å². The molecule has 0 aliphatic rings. The highest BCUT2D eigenvalue weighted by molar-refractivity contribution is 5.92. The van der Waals surface area contributed by atoms with Gasteiger partial charge < -0.3 is 10.6 Å². The second-order valence-electron chi connectivity index (χ2n) is 5.86. The molecule has 0 saturated heterocycles. The second-order valence-corrected chi connectivity index (χ2v) is 5.86. The molecule has 0 unspecified atom stereocenters. The van der Waals surface area contributed by atoms with E-state index in [-0.39, 0.29) is 18.1 Å². The summed E-state index contributed by atoms with van der Waals surface area (Å²) in [5.74, 6) is -0.167. The molecule has 1 amide bonds. The molecule has 0 aliphatic carbocycles. The lowest BCUT2D eigenvalue weighted by atomic mass is 10.1. The minimum absolute atomic E-state index is 0.0977. The fraction of sp³-hybridized carbons (Fsp3) is 0.150. The maximum atomic E-state index is 13.6. The maximum Gasteiger partial charge on any atom is 0.272 e. The van der Waals surface area contributed by atoms with Crippen LogP contribution in [0.2, 0.25) is 0 Å². The van der Waals surface area contributed by atoms with Crippen LogP contribution < -0.4 is 10.6 Å². The Kier molecular flexibility index (Phi) is 5.53. The summed E-state index contributed by atoms with van der Waals surface area (Å²) in [5.41, 5.74) is 2.96. The van der Waals surface area contributed by atoms with Crippen LogP contribution in [0.3, 0.4) is 0 Å². The molecule has 0 bridgehead atoms. The number of carbonyl (C=O) groups excluding carboxylic acids is 1. The molecule has 0 fully saturated rings. The van der Waals surface area contributed by atoms with Crippen molar-refractivity contribution in [2.24, 2.45) is 0 Å². The van der Waals surface area contributed by atoms with Gasteiger partial charge in [-0.05, 0) is 36.2 Å². The van der Waals surface area contributed by atoms with Crippen molar-refractivity contribution in [3.63, 3.8) is 0 Å². The molecule has 3 aromatic rings. The summed E-state index contributed by atoms with van der Waals surface area (Å²) in [4.78, 5) is 12.1. The highest BCUT2D eigenvalue weighted by atomic mass is 19.1. The first-order valence-electron chi connectivity index (χ1n) is 8.27. The van der Waals surface area contributed by atoms with Crippen LogP contribution >= 0.6 is 0 Å². The van der Waals surface area contributed by atoms with Gasteiger partial charge in [0.05, 0.1) is 0 Å². The highest BCUT2D eigenvalue weighted by Gasteiger charge is 2.09. The Labute approximate surface area is 151 Å². The van der Waals surface area contributed by atoms with Crippen molar-refractivity contribution in [1.29, 1.82) is 0 Å². The average Bonchev–Trinajstić information content (AvgIpc) is 2.67. The molecule has 3 rings (SSSR count). The van der Waals surface area contributed by atoms with E-state index in [1.807, 2.05) is 31.2 Å². The molecular formula is C20H19FN4O. The zero-order valence-electron chi connectivity index (χ0n) is 14.4. The molecule has 1 aromatic heterocycles. The Morgan fingerprint density at radius 3 is 2.35 bits per heavy atom. The molecular weight excluding hydrogens is 331 g/mol. The highest BCUT2D eigenvalue weighted by Crippen LogP contribution is 2.10. The summed E-state index contributed by atoms with van der Waals surface area (Å²) in [6.45, 7) is 2.77. The largest absolute Gasteiger partial charge is 0.364 e. The number of carbonyl (C=O) groups is 1. The summed E-state index contributed by atoms with van der Waals surface area (Å²) in [6.07, 6.45) is 0. The van der Waals surface area contributed by atoms with Gasteiger partial charge in [0.1, 0.15) is 11.6 Å².